The molecule has 0 spiro atoms. The van der Waals surface area contributed by atoms with Gasteiger partial charge < -0.3 is 10.6 Å². The largest absolute Gasteiger partial charge is 0.344 e. The molecule has 1 unspecified atom stereocenters. The van der Waals surface area contributed by atoms with Gasteiger partial charge in [-0.15, -0.1) is 6.42 Å². The van der Waals surface area contributed by atoms with E-state index >= 15 is 0 Å². The molecule has 1 aromatic carbocycles. The Kier molecular flexibility index (Phi) is 5.96. The lowest BCUT2D eigenvalue weighted by Crippen LogP contribution is -2.41. The monoisotopic (exact) mass is 244 g/mol. The van der Waals surface area contributed by atoms with Gasteiger partial charge in [-0.3, -0.25) is 4.79 Å². The molecule has 1 rings (SSSR count). The Labute approximate surface area is 109 Å². The van der Waals surface area contributed by atoms with Gasteiger partial charge in [-0.05, 0) is 24.5 Å². The normalized spacial score (nSPS) is 11.6. The van der Waals surface area contributed by atoms with Crippen LogP contribution in [0.3, 0.4) is 0 Å². The first kappa shape index (κ1) is 14.3. The number of carbonyl (C=O) groups excluding carboxylic acids is 1. The van der Waals surface area contributed by atoms with E-state index in [1.54, 1.807) is 0 Å². The van der Waals surface area contributed by atoms with Crippen LogP contribution in [-0.4, -0.2) is 18.5 Å². The number of nitrogens with one attached hydrogen (secondary N) is 2. The van der Waals surface area contributed by atoms with Gasteiger partial charge in [-0.25, -0.2) is 0 Å². The molecule has 2 N–H and O–H groups in total. The Hall–Kier alpha value is -1.79. The van der Waals surface area contributed by atoms with Gasteiger partial charge in [0, 0.05) is 6.54 Å². The van der Waals surface area contributed by atoms with Crippen molar-refractivity contribution in [3.63, 3.8) is 0 Å². The molecule has 0 heterocycles. The molecule has 0 aliphatic carbocycles. The Bertz CT molecular complexity index is 417. The minimum absolute atomic E-state index is 0.0712. The molecule has 3 heteroatoms. The predicted molar refractivity (Wildman–Crippen MR) is 74.0 cm³/mol. The molecule has 18 heavy (non-hydrogen) atoms. The second kappa shape index (κ2) is 7.52. The van der Waals surface area contributed by atoms with Crippen LogP contribution in [0, 0.1) is 12.3 Å². The quantitative estimate of drug-likeness (QED) is 0.744. The molecule has 1 amide bonds. The van der Waals surface area contributed by atoms with Gasteiger partial charge in [-0.1, -0.05) is 37.1 Å². The minimum atomic E-state index is -0.246. The first-order valence-electron chi connectivity index (χ1n) is 6.19. The molecule has 0 fully saturated rings. The Morgan fingerprint density at radius 3 is 2.50 bits per heavy atom. The van der Waals surface area contributed by atoms with E-state index < -0.39 is 0 Å². The van der Waals surface area contributed by atoms with Crippen LogP contribution in [0.4, 0.5) is 0 Å². The fraction of sp³-hybridized carbons (Fsp3) is 0.400. The van der Waals surface area contributed by atoms with E-state index in [1.807, 2.05) is 6.92 Å². The third-order valence-electron chi connectivity index (χ3n) is 2.80. The van der Waals surface area contributed by atoms with Gasteiger partial charge in [0.1, 0.15) is 0 Å². The SMILES string of the molecule is C#CCNC(=O)C(C)NCc1ccc(CC)cc1. The Balaban J connectivity index is 2.39. The Morgan fingerprint density at radius 1 is 1.33 bits per heavy atom. The zero-order valence-corrected chi connectivity index (χ0v) is 11.0. The molecule has 1 aromatic rings. The highest BCUT2D eigenvalue weighted by Gasteiger charge is 2.10. The highest BCUT2D eigenvalue weighted by molar-refractivity contribution is 5.81. The average Bonchev–Trinajstić information content (AvgIpc) is 2.42. The fourth-order valence-electron chi connectivity index (χ4n) is 1.55. The number of aryl methyl sites for hydroxylation is 1. The molecule has 0 saturated carbocycles. The van der Waals surface area contributed by atoms with E-state index in [0.29, 0.717) is 6.54 Å². The summed E-state index contributed by atoms with van der Waals surface area (Å²) < 4.78 is 0. The molecule has 0 aliphatic heterocycles. The van der Waals surface area contributed by atoms with E-state index in [-0.39, 0.29) is 18.5 Å². The van der Waals surface area contributed by atoms with E-state index in [4.69, 9.17) is 6.42 Å². The number of amides is 1. The van der Waals surface area contributed by atoms with Crippen molar-refractivity contribution in [3.8, 4) is 12.3 Å². The van der Waals surface area contributed by atoms with Gasteiger partial charge >= 0.3 is 0 Å². The zero-order chi connectivity index (χ0) is 13.4. The molecule has 96 valence electrons. The first-order valence-corrected chi connectivity index (χ1v) is 6.19. The standard InChI is InChI=1S/C15H20N2O/c1-4-10-16-15(18)12(3)17-11-14-8-6-13(5-2)7-9-14/h1,6-9,12,17H,5,10-11H2,2-3H3,(H,16,18). The van der Waals surface area contributed by atoms with Gasteiger partial charge in [0.2, 0.25) is 5.91 Å². The van der Waals surface area contributed by atoms with E-state index in [9.17, 15) is 4.79 Å². The highest BCUT2D eigenvalue weighted by Crippen LogP contribution is 2.04. The van der Waals surface area contributed by atoms with E-state index in [1.165, 1.54) is 11.1 Å². The number of hydrogen-bond acceptors (Lipinski definition) is 2. The van der Waals surface area contributed by atoms with E-state index in [2.05, 4.69) is 47.7 Å². The Morgan fingerprint density at radius 2 is 1.94 bits per heavy atom. The maximum absolute atomic E-state index is 11.6. The second-order valence-corrected chi connectivity index (χ2v) is 4.19. The summed E-state index contributed by atoms with van der Waals surface area (Å²) in [5, 5.41) is 5.81. The van der Waals surface area contributed by atoms with Gasteiger partial charge in [0.05, 0.1) is 12.6 Å². The number of carbonyl (C=O) groups is 1. The summed E-state index contributed by atoms with van der Waals surface area (Å²) in [4.78, 5) is 11.6. The van der Waals surface area contributed by atoms with Crippen molar-refractivity contribution in [1.82, 2.24) is 10.6 Å². The lowest BCUT2D eigenvalue weighted by molar-refractivity contribution is -0.122. The van der Waals surface area contributed by atoms with Crippen molar-refractivity contribution in [2.45, 2.75) is 32.9 Å². The van der Waals surface area contributed by atoms with Crippen LogP contribution in [0.1, 0.15) is 25.0 Å². The fourth-order valence-corrected chi connectivity index (χ4v) is 1.55. The summed E-state index contributed by atoms with van der Waals surface area (Å²) in [7, 11) is 0. The molecule has 0 radical (unpaired) electrons. The van der Waals surface area contributed by atoms with Gasteiger partial charge in [0.15, 0.2) is 0 Å². The summed E-state index contributed by atoms with van der Waals surface area (Å²) in [6.07, 6.45) is 6.12. The minimum Gasteiger partial charge on any atom is -0.344 e. The summed E-state index contributed by atoms with van der Waals surface area (Å²) in [5.41, 5.74) is 2.49. The number of benzene rings is 1. The molecular weight excluding hydrogens is 224 g/mol. The third-order valence-corrected chi connectivity index (χ3v) is 2.80. The number of rotatable bonds is 6. The van der Waals surface area contributed by atoms with E-state index in [0.717, 1.165) is 6.42 Å². The molecule has 1 atom stereocenters. The van der Waals surface area contributed by atoms with Crippen LogP contribution >= 0.6 is 0 Å². The lowest BCUT2D eigenvalue weighted by atomic mass is 10.1. The van der Waals surface area contributed by atoms with Crippen molar-refractivity contribution in [2.75, 3.05) is 6.54 Å². The molecule has 3 nitrogen and oxygen atoms in total. The molecule has 0 bridgehead atoms. The molecule has 0 saturated heterocycles. The van der Waals surface area contributed by atoms with Crippen LogP contribution in [0.25, 0.3) is 0 Å². The summed E-state index contributed by atoms with van der Waals surface area (Å²) in [5.74, 6) is 2.31. The third kappa shape index (κ3) is 4.60. The smallest absolute Gasteiger partial charge is 0.237 e. The number of terminal acetylenes is 1. The first-order chi connectivity index (χ1) is 8.67. The predicted octanol–water partition coefficient (Wildman–Crippen LogP) is 1.48. The molecular formula is C15H20N2O. The maximum Gasteiger partial charge on any atom is 0.237 e. The zero-order valence-electron chi connectivity index (χ0n) is 11.0. The molecule has 0 aliphatic rings. The van der Waals surface area contributed by atoms with Crippen molar-refractivity contribution >= 4 is 5.91 Å². The van der Waals surface area contributed by atoms with Crippen molar-refractivity contribution in [3.05, 3.63) is 35.4 Å². The summed E-state index contributed by atoms with van der Waals surface area (Å²) >= 11 is 0. The lowest BCUT2D eigenvalue weighted by Gasteiger charge is -2.13. The van der Waals surface area contributed by atoms with Crippen LogP contribution < -0.4 is 10.6 Å². The molecule has 0 aromatic heterocycles. The topological polar surface area (TPSA) is 41.1 Å². The van der Waals surface area contributed by atoms with Crippen LogP contribution in [-0.2, 0) is 17.8 Å². The average molecular weight is 244 g/mol. The van der Waals surface area contributed by atoms with Crippen molar-refractivity contribution in [1.29, 1.82) is 0 Å². The van der Waals surface area contributed by atoms with Crippen molar-refractivity contribution < 1.29 is 4.79 Å². The second-order valence-electron chi connectivity index (χ2n) is 4.19. The van der Waals surface area contributed by atoms with Gasteiger partial charge in [0.25, 0.3) is 0 Å². The van der Waals surface area contributed by atoms with Crippen molar-refractivity contribution in [2.24, 2.45) is 0 Å². The van der Waals surface area contributed by atoms with Crippen LogP contribution in [0.2, 0.25) is 0 Å². The summed E-state index contributed by atoms with van der Waals surface area (Å²) in [6, 6.07) is 8.14. The van der Waals surface area contributed by atoms with Crippen LogP contribution in [0.15, 0.2) is 24.3 Å². The van der Waals surface area contributed by atoms with Crippen LogP contribution in [0.5, 0.6) is 0 Å². The number of hydrogen-bond donors (Lipinski definition) is 2. The van der Waals surface area contributed by atoms with Gasteiger partial charge in [-0.2, -0.15) is 0 Å². The highest BCUT2D eigenvalue weighted by atomic mass is 16.2. The maximum atomic E-state index is 11.6. The summed E-state index contributed by atoms with van der Waals surface area (Å²) in [6.45, 7) is 4.90.